The van der Waals surface area contributed by atoms with Crippen molar-refractivity contribution in [2.45, 2.75) is 19.4 Å². The van der Waals surface area contributed by atoms with Gasteiger partial charge in [-0.15, -0.1) is 0 Å². The van der Waals surface area contributed by atoms with Crippen LogP contribution in [0.4, 0.5) is 0 Å². The van der Waals surface area contributed by atoms with Gasteiger partial charge in [-0.2, -0.15) is 0 Å². The Hall–Kier alpha value is -0.875. The molecule has 0 aliphatic carbocycles. The van der Waals surface area contributed by atoms with Gasteiger partial charge in [-0.25, -0.2) is 0 Å². The molecule has 4 nitrogen and oxygen atoms in total. The first-order chi connectivity index (χ1) is 8.75. The van der Waals surface area contributed by atoms with E-state index in [1.54, 1.807) is 12.1 Å². The SMILES string of the molecule is OB(O)c1cccc(COCC2CCOCC2)c1. The van der Waals surface area contributed by atoms with Gasteiger partial charge in [0.1, 0.15) is 0 Å². The van der Waals surface area contributed by atoms with Crippen LogP contribution in [-0.4, -0.2) is 37.0 Å². The zero-order valence-corrected chi connectivity index (χ0v) is 10.4. The van der Waals surface area contributed by atoms with E-state index in [0.29, 0.717) is 18.0 Å². The lowest BCUT2D eigenvalue weighted by Gasteiger charge is -2.21. The number of hydrogen-bond acceptors (Lipinski definition) is 4. The summed E-state index contributed by atoms with van der Waals surface area (Å²) in [5.74, 6) is 0.588. The monoisotopic (exact) mass is 250 g/mol. The molecule has 0 unspecified atom stereocenters. The van der Waals surface area contributed by atoms with Crippen molar-refractivity contribution in [2.75, 3.05) is 19.8 Å². The van der Waals surface area contributed by atoms with Gasteiger partial charge < -0.3 is 19.5 Å². The lowest BCUT2D eigenvalue weighted by Crippen LogP contribution is -2.29. The van der Waals surface area contributed by atoms with Crippen LogP contribution in [0.15, 0.2) is 24.3 Å². The molecule has 1 aromatic carbocycles. The van der Waals surface area contributed by atoms with E-state index in [9.17, 15) is 0 Å². The Labute approximate surface area is 108 Å². The lowest BCUT2D eigenvalue weighted by atomic mass is 9.80. The van der Waals surface area contributed by atoms with Crippen LogP contribution < -0.4 is 5.46 Å². The Kier molecular flexibility index (Phi) is 5.19. The highest BCUT2D eigenvalue weighted by atomic mass is 16.5. The Bertz CT molecular complexity index is 364. The average Bonchev–Trinajstić information content (AvgIpc) is 2.40. The van der Waals surface area contributed by atoms with E-state index < -0.39 is 7.12 Å². The van der Waals surface area contributed by atoms with Gasteiger partial charge in [-0.3, -0.25) is 0 Å². The second-order valence-corrected chi connectivity index (χ2v) is 4.69. The van der Waals surface area contributed by atoms with E-state index >= 15 is 0 Å². The molecule has 1 aromatic rings. The lowest BCUT2D eigenvalue weighted by molar-refractivity contribution is 0.0157. The Balaban J connectivity index is 1.77. The maximum atomic E-state index is 9.08. The van der Waals surface area contributed by atoms with Crippen LogP contribution in [0.2, 0.25) is 0 Å². The van der Waals surface area contributed by atoms with E-state index in [-0.39, 0.29) is 0 Å². The number of hydrogen-bond donors (Lipinski definition) is 2. The van der Waals surface area contributed by atoms with Crippen LogP contribution in [0.3, 0.4) is 0 Å². The van der Waals surface area contributed by atoms with E-state index in [2.05, 4.69) is 0 Å². The van der Waals surface area contributed by atoms with Crippen LogP contribution in [0.5, 0.6) is 0 Å². The third kappa shape index (κ3) is 4.10. The van der Waals surface area contributed by atoms with Crippen molar-refractivity contribution in [3.8, 4) is 0 Å². The predicted molar refractivity (Wildman–Crippen MR) is 69.5 cm³/mol. The minimum absolute atomic E-state index is 0.502. The zero-order valence-electron chi connectivity index (χ0n) is 10.4. The molecular weight excluding hydrogens is 231 g/mol. The summed E-state index contributed by atoms with van der Waals surface area (Å²) in [5, 5.41) is 18.2. The molecule has 0 radical (unpaired) electrons. The van der Waals surface area contributed by atoms with E-state index in [1.165, 1.54) is 0 Å². The van der Waals surface area contributed by atoms with E-state index in [0.717, 1.165) is 38.2 Å². The molecule has 2 N–H and O–H groups in total. The summed E-state index contributed by atoms with van der Waals surface area (Å²) >= 11 is 0. The summed E-state index contributed by atoms with van der Waals surface area (Å²) in [6, 6.07) is 7.18. The fourth-order valence-corrected chi connectivity index (χ4v) is 2.10. The van der Waals surface area contributed by atoms with Gasteiger partial charge in [0.15, 0.2) is 0 Å². The molecule has 0 saturated carbocycles. The maximum absolute atomic E-state index is 9.08. The summed E-state index contributed by atoms with van der Waals surface area (Å²) < 4.78 is 11.0. The molecular formula is C13H19BO4. The quantitative estimate of drug-likeness (QED) is 0.738. The molecule has 1 fully saturated rings. The largest absolute Gasteiger partial charge is 0.488 e. The standard InChI is InChI=1S/C13H19BO4/c15-14(16)13-3-1-2-12(8-13)10-18-9-11-4-6-17-7-5-11/h1-3,8,11,15-16H,4-7,9-10H2. The van der Waals surface area contributed by atoms with Crippen molar-refractivity contribution in [1.29, 1.82) is 0 Å². The minimum Gasteiger partial charge on any atom is -0.423 e. The highest BCUT2D eigenvalue weighted by Crippen LogP contribution is 2.15. The molecule has 0 bridgehead atoms. The zero-order chi connectivity index (χ0) is 12.8. The summed E-state index contributed by atoms with van der Waals surface area (Å²) in [7, 11) is -1.42. The minimum atomic E-state index is -1.42. The van der Waals surface area contributed by atoms with Crippen molar-refractivity contribution < 1.29 is 19.5 Å². The molecule has 0 aromatic heterocycles. The number of rotatable bonds is 5. The summed E-state index contributed by atoms with van der Waals surface area (Å²) in [6.45, 7) is 2.92. The third-order valence-electron chi connectivity index (χ3n) is 3.21. The predicted octanol–water partition coefficient (Wildman–Crippen LogP) is 0.310. The first-order valence-electron chi connectivity index (χ1n) is 6.36. The molecule has 1 heterocycles. The maximum Gasteiger partial charge on any atom is 0.488 e. The van der Waals surface area contributed by atoms with Gasteiger partial charge in [-0.1, -0.05) is 24.3 Å². The van der Waals surface area contributed by atoms with Crippen molar-refractivity contribution >= 4 is 12.6 Å². The second kappa shape index (κ2) is 6.90. The number of benzene rings is 1. The molecule has 1 aliphatic rings. The normalized spacial score (nSPS) is 16.8. The first-order valence-corrected chi connectivity index (χ1v) is 6.36. The second-order valence-electron chi connectivity index (χ2n) is 4.69. The highest BCUT2D eigenvalue weighted by Gasteiger charge is 2.14. The molecule has 98 valence electrons. The van der Waals surface area contributed by atoms with Gasteiger partial charge in [0.2, 0.25) is 0 Å². The highest BCUT2D eigenvalue weighted by molar-refractivity contribution is 6.58. The Morgan fingerprint density at radius 3 is 2.78 bits per heavy atom. The molecule has 18 heavy (non-hydrogen) atoms. The van der Waals surface area contributed by atoms with Crippen molar-refractivity contribution in [3.05, 3.63) is 29.8 Å². The van der Waals surface area contributed by atoms with Gasteiger partial charge in [0.05, 0.1) is 13.2 Å². The molecule has 1 aliphatic heterocycles. The summed E-state index contributed by atoms with van der Waals surface area (Å²) in [6.07, 6.45) is 2.13. The van der Waals surface area contributed by atoms with Crippen LogP contribution >= 0.6 is 0 Å². The molecule has 0 amide bonds. The van der Waals surface area contributed by atoms with Crippen LogP contribution in [0.1, 0.15) is 18.4 Å². The van der Waals surface area contributed by atoms with Gasteiger partial charge in [-0.05, 0) is 29.8 Å². The molecule has 2 rings (SSSR count). The molecule has 5 heteroatoms. The number of ether oxygens (including phenoxy) is 2. The topological polar surface area (TPSA) is 58.9 Å². The molecule has 1 saturated heterocycles. The van der Waals surface area contributed by atoms with Crippen molar-refractivity contribution in [1.82, 2.24) is 0 Å². The van der Waals surface area contributed by atoms with Crippen LogP contribution in [0, 0.1) is 5.92 Å². The fourth-order valence-electron chi connectivity index (χ4n) is 2.10. The van der Waals surface area contributed by atoms with Crippen molar-refractivity contribution in [2.24, 2.45) is 5.92 Å². The smallest absolute Gasteiger partial charge is 0.423 e. The van der Waals surface area contributed by atoms with Crippen molar-refractivity contribution in [3.63, 3.8) is 0 Å². The Morgan fingerprint density at radius 1 is 1.28 bits per heavy atom. The average molecular weight is 250 g/mol. The van der Waals surface area contributed by atoms with Crippen LogP contribution in [-0.2, 0) is 16.1 Å². The summed E-state index contributed by atoms with van der Waals surface area (Å²) in [5.41, 5.74) is 1.47. The fraction of sp³-hybridized carbons (Fsp3) is 0.538. The van der Waals surface area contributed by atoms with Gasteiger partial charge in [0, 0.05) is 13.2 Å². The Morgan fingerprint density at radius 2 is 2.06 bits per heavy atom. The van der Waals surface area contributed by atoms with E-state index in [1.807, 2.05) is 12.1 Å². The first kappa shape index (κ1) is 13.6. The van der Waals surface area contributed by atoms with Crippen LogP contribution in [0.25, 0.3) is 0 Å². The molecule has 0 atom stereocenters. The van der Waals surface area contributed by atoms with Gasteiger partial charge >= 0.3 is 7.12 Å². The van der Waals surface area contributed by atoms with E-state index in [4.69, 9.17) is 19.5 Å². The van der Waals surface area contributed by atoms with Gasteiger partial charge in [0.25, 0.3) is 0 Å². The molecule has 0 spiro atoms. The third-order valence-corrected chi connectivity index (χ3v) is 3.21. The summed E-state index contributed by atoms with van der Waals surface area (Å²) in [4.78, 5) is 0.